The molecule has 0 spiro atoms. The van der Waals surface area contributed by atoms with E-state index in [2.05, 4.69) is 25.0 Å². The molecule has 0 aromatic carbocycles. The van der Waals surface area contributed by atoms with Crippen LogP contribution in [0, 0.1) is 0 Å². The first-order chi connectivity index (χ1) is 8.62. The van der Waals surface area contributed by atoms with E-state index in [9.17, 15) is 8.42 Å². The lowest BCUT2D eigenvalue weighted by Gasteiger charge is -2.05. The Bertz CT molecular complexity index is 594. The molecule has 0 fully saturated rings. The van der Waals surface area contributed by atoms with Crippen LogP contribution in [0.3, 0.4) is 0 Å². The van der Waals surface area contributed by atoms with Crippen molar-refractivity contribution in [1.82, 2.24) is 15.0 Å². The Balaban J connectivity index is 2.19. The quantitative estimate of drug-likeness (QED) is 0.855. The first kappa shape index (κ1) is 12.7. The molecule has 0 aliphatic carbocycles. The molecule has 96 valence electrons. The fraction of sp³-hybridized carbons (Fsp3) is 0.222. The molecular formula is C9H11N5O2S2. The largest absolute Gasteiger partial charge is 0.355 e. The topological polar surface area (TPSA) is 96.9 Å². The van der Waals surface area contributed by atoms with Crippen molar-refractivity contribution in [2.75, 3.05) is 16.6 Å². The molecule has 7 nitrogen and oxygen atoms in total. The minimum Gasteiger partial charge on any atom is -0.355 e. The predicted molar refractivity (Wildman–Crippen MR) is 69.1 cm³/mol. The molecular weight excluding hydrogens is 274 g/mol. The van der Waals surface area contributed by atoms with Crippen molar-refractivity contribution in [2.45, 2.75) is 11.8 Å². The molecule has 0 atom stereocenters. The van der Waals surface area contributed by atoms with E-state index >= 15 is 0 Å². The number of nitrogens with zero attached hydrogens (tertiary/aromatic N) is 3. The highest BCUT2D eigenvalue weighted by molar-refractivity contribution is 7.93. The summed E-state index contributed by atoms with van der Waals surface area (Å²) in [5.41, 5.74) is 0. The molecule has 18 heavy (non-hydrogen) atoms. The second-order valence-electron chi connectivity index (χ2n) is 3.22. The summed E-state index contributed by atoms with van der Waals surface area (Å²) < 4.78 is 26.2. The van der Waals surface area contributed by atoms with Crippen molar-refractivity contribution >= 4 is 32.4 Å². The fourth-order valence-corrected chi connectivity index (χ4v) is 2.83. The van der Waals surface area contributed by atoms with E-state index in [1.165, 1.54) is 29.9 Å². The summed E-state index contributed by atoms with van der Waals surface area (Å²) in [4.78, 5) is 11.7. The number of thiazole rings is 1. The van der Waals surface area contributed by atoms with Crippen LogP contribution >= 0.6 is 11.3 Å². The van der Waals surface area contributed by atoms with Gasteiger partial charge in [0.05, 0.1) is 12.4 Å². The second kappa shape index (κ2) is 5.27. The van der Waals surface area contributed by atoms with Crippen molar-refractivity contribution in [1.29, 1.82) is 0 Å². The molecule has 2 heterocycles. The van der Waals surface area contributed by atoms with Gasteiger partial charge in [-0.2, -0.15) is 0 Å². The summed E-state index contributed by atoms with van der Waals surface area (Å²) in [7, 11) is -3.67. The highest BCUT2D eigenvalue weighted by atomic mass is 32.2. The maximum Gasteiger partial charge on any atom is 0.266 e. The molecule has 0 saturated heterocycles. The van der Waals surface area contributed by atoms with Gasteiger partial charge in [-0.05, 0) is 6.92 Å². The summed E-state index contributed by atoms with van der Waals surface area (Å²) in [6, 6.07) is 0. The van der Waals surface area contributed by atoms with Gasteiger partial charge in [-0.15, -0.1) is 11.3 Å². The maximum absolute atomic E-state index is 11.9. The maximum atomic E-state index is 11.9. The number of nitrogens with one attached hydrogen (secondary N) is 2. The number of aromatic nitrogens is 3. The standard InChI is InChI=1S/C9H11N5O2S2/c1-2-10-8-12-5-7(6-13-8)18(15,16)14-9-11-3-4-17-9/h3-6H,2H2,1H3,(H,11,14)(H,10,12,13). The van der Waals surface area contributed by atoms with Crippen LogP contribution < -0.4 is 10.0 Å². The number of sulfonamides is 1. The molecule has 0 saturated carbocycles. The Morgan fingerprint density at radius 3 is 2.56 bits per heavy atom. The van der Waals surface area contributed by atoms with Crippen molar-refractivity contribution < 1.29 is 8.42 Å². The molecule has 0 unspecified atom stereocenters. The lowest BCUT2D eigenvalue weighted by molar-refractivity contribution is 0.600. The van der Waals surface area contributed by atoms with Crippen LogP contribution in [-0.2, 0) is 10.0 Å². The van der Waals surface area contributed by atoms with Crippen LogP contribution in [0.15, 0.2) is 28.9 Å². The highest BCUT2D eigenvalue weighted by Crippen LogP contribution is 2.16. The summed E-state index contributed by atoms with van der Waals surface area (Å²) in [5, 5.41) is 4.88. The fourth-order valence-electron chi connectivity index (χ4n) is 1.15. The Morgan fingerprint density at radius 2 is 2.00 bits per heavy atom. The van der Waals surface area contributed by atoms with Gasteiger partial charge < -0.3 is 5.32 Å². The van der Waals surface area contributed by atoms with Crippen molar-refractivity contribution in [2.24, 2.45) is 0 Å². The smallest absolute Gasteiger partial charge is 0.266 e. The van der Waals surface area contributed by atoms with Crippen molar-refractivity contribution in [3.63, 3.8) is 0 Å². The van der Waals surface area contributed by atoms with E-state index in [0.29, 0.717) is 17.6 Å². The van der Waals surface area contributed by atoms with Crippen molar-refractivity contribution in [3.8, 4) is 0 Å². The van der Waals surface area contributed by atoms with E-state index in [-0.39, 0.29) is 4.90 Å². The predicted octanol–water partition coefficient (Wildman–Crippen LogP) is 1.17. The van der Waals surface area contributed by atoms with Gasteiger partial charge in [0.1, 0.15) is 4.90 Å². The summed E-state index contributed by atoms with van der Waals surface area (Å²) in [6.45, 7) is 2.57. The van der Waals surface area contributed by atoms with Gasteiger partial charge in [0.25, 0.3) is 10.0 Å². The minimum atomic E-state index is -3.67. The molecule has 0 radical (unpaired) electrons. The SMILES string of the molecule is CCNc1ncc(S(=O)(=O)Nc2nccs2)cn1. The zero-order valence-electron chi connectivity index (χ0n) is 9.49. The van der Waals surface area contributed by atoms with E-state index in [1.54, 1.807) is 5.38 Å². The Labute approximate surface area is 108 Å². The van der Waals surface area contributed by atoms with Gasteiger partial charge in [-0.1, -0.05) is 0 Å². The first-order valence-electron chi connectivity index (χ1n) is 5.10. The Hall–Kier alpha value is -1.74. The third-order valence-corrected chi connectivity index (χ3v) is 4.04. The lowest BCUT2D eigenvalue weighted by Crippen LogP contribution is -2.14. The molecule has 2 rings (SSSR count). The van der Waals surface area contributed by atoms with Crippen LogP contribution in [0.2, 0.25) is 0 Å². The number of rotatable bonds is 5. The number of hydrogen-bond acceptors (Lipinski definition) is 7. The van der Waals surface area contributed by atoms with Crippen LogP contribution in [0.1, 0.15) is 6.92 Å². The van der Waals surface area contributed by atoms with Crippen molar-refractivity contribution in [3.05, 3.63) is 24.0 Å². The van der Waals surface area contributed by atoms with E-state index in [0.717, 1.165) is 0 Å². The van der Waals surface area contributed by atoms with Gasteiger partial charge in [-0.25, -0.2) is 23.4 Å². The summed E-state index contributed by atoms with van der Waals surface area (Å²) in [6.07, 6.45) is 4.02. The average molecular weight is 285 g/mol. The molecule has 0 aliphatic heterocycles. The minimum absolute atomic E-state index is 0.000599. The molecule has 2 aromatic heterocycles. The number of hydrogen-bond donors (Lipinski definition) is 2. The second-order valence-corrected chi connectivity index (χ2v) is 5.79. The monoisotopic (exact) mass is 285 g/mol. The first-order valence-corrected chi connectivity index (χ1v) is 7.46. The molecule has 0 bridgehead atoms. The lowest BCUT2D eigenvalue weighted by atomic mass is 10.6. The van der Waals surface area contributed by atoms with Crippen LogP contribution in [0.5, 0.6) is 0 Å². The normalized spacial score (nSPS) is 11.2. The van der Waals surface area contributed by atoms with Crippen LogP contribution in [-0.4, -0.2) is 29.9 Å². The van der Waals surface area contributed by atoms with Gasteiger partial charge >= 0.3 is 0 Å². The summed E-state index contributed by atoms with van der Waals surface area (Å²) in [5.74, 6) is 0.394. The van der Waals surface area contributed by atoms with Crippen LogP contribution in [0.4, 0.5) is 11.1 Å². The zero-order valence-corrected chi connectivity index (χ0v) is 11.1. The third kappa shape index (κ3) is 2.93. The Morgan fingerprint density at radius 1 is 1.28 bits per heavy atom. The van der Waals surface area contributed by atoms with E-state index in [1.807, 2.05) is 6.92 Å². The zero-order chi connectivity index (χ0) is 13.0. The van der Waals surface area contributed by atoms with E-state index < -0.39 is 10.0 Å². The Kier molecular flexibility index (Phi) is 3.72. The van der Waals surface area contributed by atoms with E-state index in [4.69, 9.17) is 0 Å². The molecule has 9 heteroatoms. The highest BCUT2D eigenvalue weighted by Gasteiger charge is 2.16. The van der Waals surface area contributed by atoms with Gasteiger partial charge in [0.15, 0.2) is 5.13 Å². The summed E-state index contributed by atoms with van der Waals surface area (Å²) >= 11 is 1.20. The average Bonchev–Trinajstić information content (AvgIpc) is 2.82. The van der Waals surface area contributed by atoms with Gasteiger partial charge in [0, 0.05) is 18.1 Å². The third-order valence-electron chi connectivity index (χ3n) is 1.93. The van der Waals surface area contributed by atoms with Gasteiger partial charge in [-0.3, -0.25) is 4.72 Å². The molecule has 0 amide bonds. The molecule has 0 aliphatic rings. The van der Waals surface area contributed by atoms with Crippen LogP contribution in [0.25, 0.3) is 0 Å². The van der Waals surface area contributed by atoms with Gasteiger partial charge in [0.2, 0.25) is 5.95 Å². The number of anilines is 2. The molecule has 2 N–H and O–H groups in total. The molecule has 2 aromatic rings.